The number of rotatable bonds is 2. The van der Waals surface area contributed by atoms with E-state index in [1.165, 1.54) is 34.2 Å². The molecule has 1 fully saturated rings. The molecule has 0 amide bonds. The van der Waals surface area contributed by atoms with Crippen LogP contribution in [-0.4, -0.2) is 37.1 Å². The highest BCUT2D eigenvalue weighted by Gasteiger charge is 2.47. The number of fused-ring (bicyclic) bond motifs is 3. The third-order valence-corrected chi connectivity index (χ3v) is 7.06. The molecule has 0 spiro atoms. The predicted molar refractivity (Wildman–Crippen MR) is 114 cm³/mol. The minimum Gasteiger partial charge on any atom is -0.497 e. The maximum atomic E-state index is 5.56. The quantitative estimate of drug-likeness (QED) is 0.660. The van der Waals surface area contributed by atoms with Gasteiger partial charge in [-0.3, -0.25) is 4.98 Å². The number of methoxy groups -OCH3 is 1. The maximum absolute atomic E-state index is 5.56. The molecular formula is C25H28N2O. The largest absolute Gasteiger partial charge is 0.497 e. The standard InChI is InChI=1S/C25H28N2O/c1-17-6-4-7-18-12-19-13-21-16-27(2)11-10-25(21,15-23(19)26-24(17)18)20-8-5-9-22(14-20)28-3/h4-9,12,14,21H,10-11,13,15-16H2,1-3H3/t21-,25-/m0/s1. The first kappa shape index (κ1) is 17.7. The van der Waals surface area contributed by atoms with Crippen molar-refractivity contribution in [3.05, 3.63) is 70.9 Å². The lowest BCUT2D eigenvalue weighted by Crippen LogP contribution is -2.53. The maximum Gasteiger partial charge on any atom is 0.119 e. The van der Waals surface area contributed by atoms with Gasteiger partial charge in [0, 0.05) is 29.5 Å². The molecule has 3 nitrogen and oxygen atoms in total. The molecule has 2 aromatic carbocycles. The van der Waals surface area contributed by atoms with E-state index in [0.717, 1.165) is 37.2 Å². The van der Waals surface area contributed by atoms with Gasteiger partial charge in [0.25, 0.3) is 0 Å². The van der Waals surface area contributed by atoms with Crippen LogP contribution in [-0.2, 0) is 18.3 Å². The lowest BCUT2D eigenvalue weighted by Gasteiger charge is -2.50. The van der Waals surface area contributed by atoms with Gasteiger partial charge in [-0.25, -0.2) is 0 Å². The van der Waals surface area contributed by atoms with Crippen molar-refractivity contribution in [1.82, 2.24) is 9.88 Å². The van der Waals surface area contributed by atoms with Crippen LogP contribution in [0.4, 0.5) is 0 Å². The second-order valence-electron chi connectivity index (χ2n) is 8.72. The lowest BCUT2D eigenvalue weighted by molar-refractivity contribution is 0.0987. The van der Waals surface area contributed by atoms with Crippen LogP contribution in [0.3, 0.4) is 0 Å². The van der Waals surface area contributed by atoms with E-state index in [4.69, 9.17) is 9.72 Å². The fraction of sp³-hybridized carbons (Fsp3) is 0.400. The Hall–Kier alpha value is -2.39. The normalized spacial score (nSPS) is 24.6. The van der Waals surface area contributed by atoms with Crippen LogP contribution in [0.15, 0.2) is 48.5 Å². The van der Waals surface area contributed by atoms with Crippen LogP contribution in [0, 0.1) is 12.8 Å². The number of aromatic nitrogens is 1. The number of hydrogen-bond donors (Lipinski definition) is 0. The molecule has 144 valence electrons. The van der Waals surface area contributed by atoms with Crippen LogP contribution in [0.25, 0.3) is 10.9 Å². The van der Waals surface area contributed by atoms with Gasteiger partial charge in [-0.1, -0.05) is 30.3 Å². The Morgan fingerprint density at radius 2 is 2.00 bits per heavy atom. The van der Waals surface area contributed by atoms with Crippen molar-refractivity contribution in [3.8, 4) is 5.75 Å². The van der Waals surface area contributed by atoms with E-state index in [1.807, 2.05) is 0 Å². The molecule has 3 heteroatoms. The number of nitrogens with zero attached hydrogens (tertiary/aromatic N) is 2. The van der Waals surface area contributed by atoms with E-state index in [-0.39, 0.29) is 5.41 Å². The molecular weight excluding hydrogens is 344 g/mol. The summed E-state index contributed by atoms with van der Waals surface area (Å²) < 4.78 is 5.56. The van der Waals surface area contributed by atoms with Crippen molar-refractivity contribution >= 4 is 10.9 Å². The fourth-order valence-electron chi connectivity index (χ4n) is 5.47. The summed E-state index contributed by atoms with van der Waals surface area (Å²) in [5.74, 6) is 1.56. The Morgan fingerprint density at radius 1 is 1.14 bits per heavy atom. The molecule has 0 N–H and O–H groups in total. The highest BCUT2D eigenvalue weighted by Crippen LogP contribution is 2.48. The van der Waals surface area contributed by atoms with Gasteiger partial charge in [-0.2, -0.15) is 0 Å². The summed E-state index contributed by atoms with van der Waals surface area (Å²) in [6.45, 7) is 4.44. The number of ether oxygens (including phenoxy) is 1. The van der Waals surface area contributed by atoms with Gasteiger partial charge in [-0.15, -0.1) is 0 Å². The van der Waals surface area contributed by atoms with Crippen molar-refractivity contribution in [2.75, 3.05) is 27.2 Å². The summed E-state index contributed by atoms with van der Waals surface area (Å²) >= 11 is 0. The second kappa shape index (κ2) is 6.59. The number of piperidine rings is 1. The van der Waals surface area contributed by atoms with E-state index in [1.54, 1.807) is 7.11 Å². The summed E-state index contributed by atoms with van der Waals surface area (Å²) in [6.07, 6.45) is 3.31. The van der Waals surface area contributed by atoms with Gasteiger partial charge >= 0.3 is 0 Å². The SMILES string of the molecule is COc1cccc([C@@]23CCN(C)C[C@@H]2Cc2cc4cccc(C)c4nc2C3)c1. The molecule has 28 heavy (non-hydrogen) atoms. The first-order valence-corrected chi connectivity index (χ1v) is 10.3. The zero-order valence-corrected chi connectivity index (χ0v) is 17.0. The molecule has 0 unspecified atom stereocenters. The fourth-order valence-corrected chi connectivity index (χ4v) is 5.47. The van der Waals surface area contributed by atoms with Crippen molar-refractivity contribution in [3.63, 3.8) is 0 Å². The zero-order valence-electron chi connectivity index (χ0n) is 17.0. The van der Waals surface area contributed by atoms with E-state index in [2.05, 4.69) is 67.4 Å². The Kier molecular flexibility index (Phi) is 4.17. The monoisotopic (exact) mass is 372 g/mol. The van der Waals surface area contributed by atoms with Crippen LogP contribution >= 0.6 is 0 Å². The summed E-state index contributed by atoms with van der Waals surface area (Å²) in [4.78, 5) is 7.69. The number of pyridine rings is 1. The average molecular weight is 373 g/mol. The predicted octanol–water partition coefficient (Wildman–Crippen LogP) is 4.54. The van der Waals surface area contributed by atoms with Crippen molar-refractivity contribution in [1.29, 1.82) is 0 Å². The van der Waals surface area contributed by atoms with Gasteiger partial charge in [0.05, 0.1) is 12.6 Å². The van der Waals surface area contributed by atoms with Crippen molar-refractivity contribution in [2.45, 2.75) is 31.6 Å². The summed E-state index contributed by atoms with van der Waals surface area (Å²) in [7, 11) is 4.02. The molecule has 2 aliphatic rings. The highest BCUT2D eigenvalue weighted by atomic mass is 16.5. The Balaban J connectivity index is 1.67. The first-order chi connectivity index (χ1) is 13.6. The average Bonchev–Trinajstić information content (AvgIpc) is 2.71. The zero-order chi connectivity index (χ0) is 19.3. The molecule has 1 aliphatic carbocycles. The minimum absolute atomic E-state index is 0.150. The number of benzene rings is 2. The number of likely N-dealkylation sites (tertiary alicyclic amines) is 1. The van der Waals surface area contributed by atoms with E-state index < -0.39 is 0 Å². The van der Waals surface area contributed by atoms with Gasteiger partial charge in [0.2, 0.25) is 0 Å². The Morgan fingerprint density at radius 3 is 2.86 bits per heavy atom. The van der Waals surface area contributed by atoms with Crippen LogP contribution < -0.4 is 4.74 Å². The van der Waals surface area contributed by atoms with Crippen molar-refractivity contribution < 1.29 is 4.74 Å². The molecule has 0 saturated carbocycles. The van der Waals surface area contributed by atoms with E-state index in [9.17, 15) is 0 Å². The topological polar surface area (TPSA) is 25.4 Å². The van der Waals surface area contributed by atoms with E-state index >= 15 is 0 Å². The third kappa shape index (κ3) is 2.72. The molecule has 3 aromatic rings. The smallest absolute Gasteiger partial charge is 0.119 e. The summed E-state index contributed by atoms with van der Waals surface area (Å²) in [5, 5.41) is 1.27. The number of hydrogen-bond acceptors (Lipinski definition) is 3. The van der Waals surface area contributed by atoms with Crippen LogP contribution in [0.2, 0.25) is 0 Å². The molecule has 0 radical (unpaired) electrons. The van der Waals surface area contributed by atoms with Gasteiger partial charge in [-0.05, 0) is 74.2 Å². The molecule has 1 aromatic heterocycles. The molecule has 0 bridgehead atoms. The Bertz CT molecular complexity index is 1040. The highest BCUT2D eigenvalue weighted by molar-refractivity contribution is 5.82. The second-order valence-corrected chi connectivity index (χ2v) is 8.72. The first-order valence-electron chi connectivity index (χ1n) is 10.3. The van der Waals surface area contributed by atoms with Crippen LogP contribution in [0.5, 0.6) is 5.75 Å². The molecule has 5 rings (SSSR count). The summed E-state index contributed by atoms with van der Waals surface area (Å²) in [5.41, 5.74) is 6.73. The molecule has 1 saturated heterocycles. The van der Waals surface area contributed by atoms with Crippen LogP contribution in [0.1, 0.15) is 28.8 Å². The van der Waals surface area contributed by atoms with Gasteiger partial charge in [0.15, 0.2) is 0 Å². The van der Waals surface area contributed by atoms with Gasteiger partial charge < -0.3 is 9.64 Å². The molecule has 1 aliphatic heterocycles. The van der Waals surface area contributed by atoms with E-state index in [0.29, 0.717) is 5.92 Å². The lowest BCUT2D eigenvalue weighted by atomic mass is 9.58. The van der Waals surface area contributed by atoms with Crippen molar-refractivity contribution in [2.24, 2.45) is 5.92 Å². The minimum atomic E-state index is 0.150. The number of aryl methyl sites for hydroxylation is 1. The van der Waals surface area contributed by atoms with Gasteiger partial charge in [0.1, 0.15) is 5.75 Å². The summed E-state index contributed by atoms with van der Waals surface area (Å²) in [6, 6.07) is 17.7. The molecule has 2 atom stereocenters. The Labute approximate surface area is 167 Å². The number of para-hydroxylation sites is 1. The molecule has 2 heterocycles. The third-order valence-electron chi connectivity index (χ3n) is 7.06.